The van der Waals surface area contributed by atoms with E-state index in [1.165, 1.54) is 44.9 Å². The van der Waals surface area contributed by atoms with E-state index in [0.29, 0.717) is 0 Å². The van der Waals surface area contributed by atoms with Crippen LogP contribution in [0.25, 0.3) is 0 Å². The molecule has 0 amide bonds. The van der Waals surface area contributed by atoms with E-state index in [4.69, 9.17) is 0 Å². The predicted molar refractivity (Wildman–Crippen MR) is 75.7 cm³/mol. The monoisotopic (exact) mass is 220 g/mol. The summed E-state index contributed by atoms with van der Waals surface area (Å²) >= 11 is 0. The average molecular weight is 220 g/mol. The smallest absolute Gasteiger partial charge is 0.0345 e. The van der Waals surface area contributed by atoms with Crippen molar-refractivity contribution in [2.24, 2.45) is 0 Å². The normalized spacial score (nSPS) is 12.4. The number of rotatable bonds is 10. The molecule has 16 heavy (non-hydrogen) atoms. The van der Waals surface area contributed by atoms with Gasteiger partial charge < -0.3 is 0 Å². The van der Waals surface area contributed by atoms with E-state index < -0.39 is 0 Å². The Labute approximate surface area is 102 Å². The van der Waals surface area contributed by atoms with Crippen LogP contribution < -0.4 is 0 Å². The molecule has 0 radical (unpaired) electrons. The predicted octanol–water partition coefficient (Wildman–Crippen LogP) is 5.82. The first-order chi connectivity index (χ1) is 7.91. The Hall–Kier alpha value is -0.780. The molecule has 0 heterocycles. The van der Waals surface area contributed by atoms with Gasteiger partial charge in [0, 0.05) is 0 Å². The molecule has 0 aromatic carbocycles. The molecule has 0 fully saturated rings. The van der Waals surface area contributed by atoms with E-state index >= 15 is 0 Å². The van der Waals surface area contributed by atoms with Crippen molar-refractivity contribution in [1.82, 2.24) is 0 Å². The van der Waals surface area contributed by atoms with Gasteiger partial charge in [-0.1, -0.05) is 63.1 Å². The third-order valence-electron chi connectivity index (χ3n) is 2.50. The van der Waals surface area contributed by atoms with Gasteiger partial charge in [-0.15, -0.1) is 0 Å². The molecule has 0 spiro atoms. The van der Waals surface area contributed by atoms with Crippen LogP contribution >= 0.6 is 0 Å². The van der Waals surface area contributed by atoms with Gasteiger partial charge in [0.1, 0.15) is 0 Å². The van der Waals surface area contributed by atoms with Crippen LogP contribution in [0.4, 0.5) is 0 Å². The minimum Gasteiger partial charge on any atom is -0.0885 e. The minimum atomic E-state index is 1.13. The van der Waals surface area contributed by atoms with E-state index in [1.807, 2.05) is 0 Å². The summed E-state index contributed by atoms with van der Waals surface area (Å²) in [6.07, 6.45) is 23.6. The van der Waals surface area contributed by atoms with Crippen LogP contribution in [0.5, 0.6) is 0 Å². The van der Waals surface area contributed by atoms with Crippen LogP contribution in [0.2, 0.25) is 0 Å². The largest absolute Gasteiger partial charge is 0.0885 e. The van der Waals surface area contributed by atoms with Crippen LogP contribution in [0.15, 0.2) is 36.5 Å². The molecule has 0 aromatic rings. The molecule has 0 saturated heterocycles. The van der Waals surface area contributed by atoms with Gasteiger partial charge >= 0.3 is 0 Å². The molecule has 0 bridgehead atoms. The highest BCUT2D eigenvalue weighted by molar-refractivity contribution is 5.01. The number of allylic oxidation sites excluding steroid dienone is 6. The molecule has 0 saturated carbocycles. The average Bonchev–Trinajstić information content (AvgIpc) is 2.31. The minimum absolute atomic E-state index is 1.13. The topological polar surface area (TPSA) is 0 Å². The van der Waals surface area contributed by atoms with Gasteiger partial charge in [-0.3, -0.25) is 0 Å². The fraction of sp³-hybridized carbons (Fsp3) is 0.625. The first kappa shape index (κ1) is 15.2. The zero-order valence-corrected chi connectivity index (χ0v) is 11.1. The van der Waals surface area contributed by atoms with Gasteiger partial charge in [0.15, 0.2) is 0 Å². The lowest BCUT2D eigenvalue weighted by molar-refractivity contribution is 0.727. The van der Waals surface area contributed by atoms with Crippen molar-refractivity contribution in [3.63, 3.8) is 0 Å². The molecular formula is C16H28. The summed E-state index contributed by atoms with van der Waals surface area (Å²) in [5.74, 6) is 0. The van der Waals surface area contributed by atoms with Crippen molar-refractivity contribution in [2.45, 2.75) is 65.2 Å². The molecule has 0 rings (SSSR count). The Morgan fingerprint density at radius 3 is 1.94 bits per heavy atom. The molecule has 0 aliphatic rings. The van der Waals surface area contributed by atoms with Crippen molar-refractivity contribution in [3.05, 3.63) is 36.5 Å². The van der Waals surface area contributed by atoms with Gasteiger partial charge in [-0.05, 0) is 38.5 Å². The van der Waals surface area contributed by atoms with Crippen LogP contribution in [0.3, 0.4) is 0 Å². The van der Waals surface area contributed by atoms with Crippen molar-refractivity contribution in [2.75, 3.05) is 0 Å². The van der Waals surface area contributed by atoms with Crippen LogP contribution in [-0.4, -0.2) is 0 Å². The van der Waals surface area contributed by atoms with Crippen molar-refractivity contribution in [1.29, 1.82) is 0 Å². The molecule has 0 atom stereocenters. The lowest BCUT2D eigenvalue weighted by atomic mass is 10.1. The number of hydrogen-bond acceptors (Lipinski definition) is 0. The fourth-order valence-electron chi connectivity index (χ4n) is 1.49. The highest BCUT2D eigenvalue weighted by Gasteiger charge is 1.82. The summed E-state index contributed by atoms with van der Waals surface area (Å²) in [5, 5.41) is 0. The van der Waals surface area contributed by atoms with Crippen LogP contribution in [0, 0.1) is 0 Å². The zero-order chi connectivity index (χ0) is 11.9. The van der Waals surface area contributed by atoms with Gasteiger partial charge in [0.2, 0.25) is 0 Å². The Kier molecular flexibility index (Phi) is 13.5. The maximum absolute atomic E-state index is 2.34. The first-order valence-electron chi connectivity index (χ1n) is 6.88. The third-order valence-corrected chi connectivity index (χ3v) is 2.50. The molecule has 0 aliphatic heterocycles. The van der Waals surface area contributed by atoms with E-state index in [9.17, 15) is 0 Å². The summed E-state index contributed by atoms with van der Waals surface area (Å²) in [5.41, 5.74) is 0. The third kappa shape index (κ3) is 13.2. The van der Waals surface area contributed by atoms with Crippen molar-refractivity contribution >= 4 is 0 Å². The second kappa shape index (κ2) is 14.2. The van der Waals surface area contributed by atoms with E-state index in [0.717, 1.165) is 6.42 Å². The maximum Gasteiger partial charge on any atom is -0.0345 e. The Balaban J connectivity index is 3.19. The van der Waals surface area contributed by atoms with Crippen LogP contribution in [-0.2, 0) is 0 Å². The van der Waals surface area contributed by atoms with E-state index in [2.05, 4.69) is 50.3 Å². The van der Waals surface area contributed by atoms with Crippen LogP contribution in [0.1, 0.15) is 65.2 Å². The molecule has 0 aromatic heterocycles. The summed E-state index contributed by atoms with van der Waals surface area (Å²) in [6.45, 7) is 4.41. The SMILES string of the molecule is CC/C=C/C=C/CCC/C=C/CCCCC. The molecule has 0 aliphatic carbocycles. The van der Waals surface area contributed by atoms with Crippen molar-refractivity contribution < 1.29 is 0 Å². The second-order valence-electron chi connectivity index (χ2n) is 4.16. The Bertz CT molecular complexity index is 196. The van der Waals surface area contributed by atoms with E-state index in [1.54, 1.807) is 0 Å². The lowest BCUT2D eigenvalue weighted by Crippen LogP contribution is -1.72. The molecule has 0 N–H and O–H groups in total. The second-order valence-corrected chi connectivity index (χ2v) is 4.16. The maximum atomic E-state index is 2.34. The summed E-state index contributed by atoms with van der Waals surface area (Å²) in [7, 11) is 0. The zero-order valence-electron chi connectivity index (χ0n) is 11.1. The molecule has 0 unspecified atom stereocenters. The molecular weight excluding hydrogens is 192 g/mol. The number of hydrogen-bond donors (Lipinski definition) is 0. The Morgan fingerprint density at radius 2 is 1.25 bits per heavy atom. The first-order valence-corrected chi connectivity index (χ1v) is 6.88. The fourth-order valence-corrected chi connectivity index (χ4v) is 1.49. The van der Waals surface area contributed by atoms with E-state index in [-0.39, 0.29) is 0 Å². The summed E-state index contributed by atoms with van der Waals surface area (Å²) in [4.78, 5) is 0. The molecule has 0 heteroatoms. The highest BCUT2D eigenvalue weighted by Crippen LogP contribution is 2.02. The van der Waals surface area contributed by atoms with Gasteiger partial charge in [-0.25, -0.2) is 0 Å². The van der Waals surface area contributed by atoms with Crippen molar-refractivity contribution in [3.8, 4) is 0 Å². The highest BCUT2D eigenvalue weighted by atomic mass is 13.9. The standard InChI is InChI=1S/C16H28/c1-3-5-7-9-11-13-15-16-14-12-10-8-6-4-2/h5,7,9,11-12,14H,3-4,6,8,10,13,15-16H2,1-2H3/b7-5+,11-9+,14-12+. The molecule has 92 valence electrons. The summed E-state index contributed by atoms with van der Waals surface area (Å²) < 4.78 is 0. The van der Waals surface area contributed by atoms with Gasteiger partial charge in [-0.2, -0.15) is 0 Å². The van der Waals surface area contributed by atoms with Gasteiger partial charge in [0.25, 0.3) is 0 Å². The summed E-state index contributed by atoms with van der Waals surface area (Å²) in [6, 6.07) is 0. The van der Waals surface area contributed by atoms with Gasteiger partial charge in [0.05, 0.1) is 0 Å². The number of unbranched alkanes of at least 4 members (excludes halogenated alkanes) is 5. The Morgan fingerprint density at radius 1 is 0.625 bits per heavy atom. The molecule has 0 nitrogen and oxygen atoms in total. The lowest BCUT2D eigenvalue weighted by Gasteiger charge is -1.92. The quantitative estimate of drug-likeness (QED) is 0.247.